The van der Waals surface area contributed by atoms with Gasteiger partial charge in [-0.3, -0.25) is 0 Å². The van der Waals surface area contributed by atoms with Crippen molar-refractivity contribution < 1.29 is 0 Å². The highest BCUT2D eigenvalue weighted by atomic mass is 32.2. The monoisotopic (exact) mass is 243 g/mol. The topological polar surface area (TPSA) is 12.0 Å². The number of thioether (sulfide) groups is 1. The molecule has 0 bridgehead atoms. The predicted octanol–water partition coefficient (Wildman–Crippen LogP) is 4.08. The fraction of sp³-hybridized carbons (Fsp3) is 1.00. The Morgan fingerprint density at radius 3 is 2.44 bits per heavy atom. The molecule has 1 aliphatic rings. The fourth-order valence-corrected chi connectivity index (χ4v) is 3.49. The van der Waals surface area contributed by atoms with E-state index < -0.39 is 0 Å². The number of unbranched alkanes of at least 4 members (excludes halogenated alkanes) is 5. The van der Waals surface area contributed by atoms with Crippen LogP contribution in [0.4, 0.5) is 0 Å². The third kappa shape index (κ3) is 7.56. The molecule has 0 atom stereocenters. The maximum absolute atomic E-state index is 3.64. The Balaban J connectivity index is 1.77. The predicted molar refractivity (Wildman–Crippen MR) is 76.3 cm³/mol. The molecule has 2 heteroatoms. The molecule has 0 aromatic heterocycles. The maximum Gasteiger partial charge on any atom is -0.00199 e. The molecule has 16 heavy (non-hydrogen) atoms. The quantitative estimate of drug-likeness (QED) is 0.612. The van der Waals surface area contributed by atoms with Crippen LogP contribution in [0.1, 0.15) is 58.3 Å². The van der Waals surface area contributed by atoms with Gasteiger partial charge in [-0.05, 0) is 49.8 Å². The van der Waals surface area contributed by atoms with Gasteiger partial charge in [0, 0.05) is 0 Å². The third-order valence-corrected chi connectivity index (χ3v) is 4.53. The van der Waals surface area contributed by atoms with E-state index in [1.807, 2.05) is 0 Å². The summed E-state index contributed by atoms with van der Waals surface area (Å²) in [4.78, 5) is 0. The highest BCUT2D eigenvalue weighted by molar-refractivity contribution is 7.99. The van der Waals surface area contributed by atoms with Gasteiger partial charge in [-0.25, -0.2) is 0 Å². The normalized spacial score (nSPS) is 17.8. The lowest BCUT2D eigenvalue weighted by molar-refractivity contribution is 0.442. The van der Waals surface area contributed by atoms with E-state index in [0.29, 0.717) is 0 Å². The van der Waals surface area contributed by atoms with Crippen LogP contribution < -0.4 is 5.32 Å². The molecule has 0 aromatic rings. The number of hydrogen-bond acceptors (Lipinski definition) is 2. The van der Waals surface area contributed by atoms with E-state index in [9.17, 15) is 0 Å². The summed E-state index contributed by atoms with van der Waals surface area (Å²) in [6.07, 6.45) is 11.3. The Morgan fingerprint density at radius 2 is 1.69 bits per heavy atom. The van der Waals surface area contributed by atoms with Gasteiger partial charge in [-0.1, -0.05) is 39.0 Å². The number of nitrogens with one attached hydrogen (secondary N) is 1. The van der Waals surface area contributed by atoms with Crippen molar-refractivity contribution in [1.82, 2.24) is 5.32 Å². The van der Waals surface area contributed by atoms with Crippen molar-refractivity contribution in [3.8, 4) is 0 Å². The zero-order chi connectivity index (χ0) is 11.5. The van der Waals surface area contributed by atoms with Crippen molar-refractivity contribution in [3.05, 3.63) is 0 Å². The van der Waals surface area contributed by atoms with Crippen LogP contribution in [0.3, 0.4) is 0 Å². The van der Waals surface area contributed by atoms with Gasteiger partial charge >= 0.3 is 0 Å². The van der Waals surface area contributed by atoms with Gasteiger partial charge in [-0.15, -0.1) is 0 Å². The summed E-state index contributed by atoms with van der Waals surface area (Å²) in [5.74, 6) is 3.76. The molecule has 0 unspecified atom stereocenters. The first-order valence-electron chi connectivity index (χ1n) is 7.22. The van der Waals surface area contributed by atoms with Crippen LogP contribution in [0.15, 0.2) is 0 Å². The second-order valence-corrected chi connectivity index (χ2v) is 6.25. The van der Waals surface area contributed by atoms with E-state index in [-0.39, 0.29) is 0 Å². The zero-order valence-electron chi connectivity index (χ0n) is 11.0. The summed E-state index contributed by atoms with van der Waals surface area (Å²) in [5, 5.41) is 3.64. The lowest BCUT2D eigenvalue weighted by Crippen LogP contribution is -2.26. The van der Waals surface area contributed by atoms with Crippen molar-refractivity contribution >= 4 is 11.8 Å². The molecular weight excluding hydrogens is 214 g/mol. The molecule has 0 aliphatic carbocycles. The van der Waals surface area contributed by atoms with E-state index >= 15 is 0 Å². The fourth-order valence-electron chi connectivity index (χ4n) is 2.29. The SMILES string of the molecule is CCCCCCCCNCC1CCSCC1. The van der Waals surface area contributed by atoms with E-state index in [1.165, 1.54) is 76.0 Å². The van der Waals surface area contributed by atoms with Gasteiger partial charge in [0.1, 0.15) is 0 Å². The molecule has 1 aliphatic heterocycles. The van der Waals surface area contributed by atoms with E-state index in [0.717, 1.165) is 5.92 Å². The van der Waals surface area contributed by atoms with Gasteiger partial charge < -0.3 is 5.32 Å². The Morgan fingerprint density at radius 1 is 1.00 bits per heavy atom. The molecule has 1 N–H and O–H groups in total. The molecule has 1 nitrogen and oxygen atoms in total. The van der Waals surface area contributed by atoms with Crippen molar-refractivity contribution in [3.63, 3.8) is 0 Å². The lowest BCUT2D eigenvalue weighted by Gasteiger charge is -2.21. The molecule has 0 aromatic carbocycles. The first-order valence-corrected chi connectivity index (χ1v) is 8.37. The summed E-state index contributed by atoms with van der Waals surface area (Å²) >= 11 is 2.13. The molecule has 1 fully saturated rings. The Bertz CT molecular complexity index is 144. The minimum absolute atomic E-state index is 0.973. The van der Waals surface area contributed by atoms with E-state index in [2.05, 4.69) is 24.0 Å². The largest absolute Gasteiger partial charge is 0.316 e. The van der Waals surface area contributed by atoms with Crippen LogP contribution in [0, 0.1) is 5.92 Å². The minimum Gasteiger partial charge on any atom is -0.316 e. The molecule has 0 radical (unpaired) electrons. The van der Waals surface area contributed by atoms with E-state index in [1.54, 1.807) is 0 Å². The van der Waals surface area contributed by atoms with Gasteiger partial charge in [0.2, 0.25) is 0 Å². The average molecular weight is 243 g/mol. The van der Waals surface area contributed by atoms with Crippen LogP contribution in [-0.4, -0.2) is 24.6 Å². The molecule has 0 saturated carbocycles. The molecule has 1 heterocycles. The van der Waals surface area contributed by atoms with Gasteiger partial charge in [0.05, 0.1) is 0 Å². The first kappa shape index (κ1) is 14.4. The van der Waals surface area contributed by atoms with Crippen LogP contribution in [0.25, 0.3) is 0 Å². The van der Waals surface area contributed by atoms with Crippen LogP contribution in [0.2, 0.25) is 0 Å². The summed E-state index contributed by atoms with van der Waals surface area (Å²) in [6.45, 7) is 4.80. The highest BCUT2D eigenvalue weighted by Gasteiger charge is 2.12. The number of rotatable bonds is 9. The smallest absolute Gasteiger partial charge is 0.00199 e. The molecule has 1 rings (SSSR count). The summed E-state index contributed by atoms with van der Waals surface area (Å²) in [5.41, 5.74) is 0. The minimum atomic E-state index is 0.973. The molecule has 1 saturated heterocycles. The summed E-state index contributed by atoms with van der Waals surface area (Å²) in [6, 6.07) is 0. The standard InChI is InChI=1S/C14H29NS/c1-2-3-4-5-6-7-10-15-13-14-8-11-16-12-9-14/h14-15H,2-13H2,1H3. The average Bonchev–Trinajstić information content (AvgIpc) is 2.34. The Kier molecular flexibility index (Phi) is 9.40. The maximum atomic E-state index is 3.64. The summed E-state index contributed by atoms with van der Waals surface area (Å²) < 4.78 is 0. The molecular formula is C14H29NS. The summed E-state index contributed by atoms with van der Waals surface area (Å²) in [7, 11) is 0. The van der Waals surface area contributed by atoms with Crippen LogP contribution >= 0.6 is 11.8 Å². The Labute approximate surface area is 106 Å². The van der Waals surface area contributed by atoms with Crippen molar-refractivity contribution in [2.24, 2.45) is 5.92 Å². The highest BCUT2D eigenvalue weighted by Crippen LogP contribution is 2.21. The van der Waals surface area contributed by atoms with Crippen LogP contribution in [-0.2, 0) is 0 Å². The molecule has 96 valence electrons. The van der Waals surface area contributed by atoms with Crippen LogP contribution in [0.5, 0.6) is 0 Å². The van der Waals surface area contributed by atoms with Gasteiger partial charge in [0.15, 0.2) is 0 Å². The van der Waals surface area contributed by atoms with Crippen molar-refractivity contribution in [1.29, 1.82) is 0 Å². The van der Waals surface area contributed by atoms with E-state index in [4.69, 9.17) is 0 Å². The van der Waals surface area contributed by atoms with Crippen molar-refractivity contribution in [2.45, 2.75) is 58.3 Å². The van der Waals surface area contributed by atoms with Gasteiger partial charge in [-0.2, -0.15) is 11.8 Å². The first-order chi connectivity index (χ1) is 7.93. The van der Waals surface area contributed by atoms with Crippen molar-refractivity contribution in [2.75, 3.05) is 24.6 Å². The second kappa shape index (κ2) is 10.5. The zero-order valence-corrected chi connectivity index (χ0v) is 11.8. The Hall–Kier alpha value is 0.310. The molecule has 0 amide bonds. The van der Waals surface area contributed by atoms with Gasteiger partial charge in [0.25, 0.3) is 0 Å². The number of hydrogen-bond donors (Lipinski definition) is 1. The second-order valence-electron chi connectivity index (χ2n) is 5.03. The third-order valence-electron chi connectivity index (χ3n) is 3.48. The lowest BCUT2D eigenvalue weighted by atomic mass is 10.0. The molecule has 0 spiro atoms.